The van der Waals surface area contributed by atoms with Crippen LogP contribution in [-0.2, 0) is 0 Å². The van der Waals surface area contributed by atoms with E-state index in [4.69, 9.17) is 5.73 Å². The van der Waals surface area contributed by atoms with Crippen molar-refractivity contribution in [2.24, 2.45) is 5.73 Å². The topological polar surface area (TPSA) is 43.1 Å². The van der Waals surface area contributed by atoms with E-state index in [1.165, 1.54) is 22.3 Å². The third-order valence-electron chi connectivity index (χ3n) is 3.74. The number of Topliss-reactive ketones (excluding diaryl/α,β-unsaturated/α-hetero) is 1. The number of fused-ring (bicyclic) bond motifs is 3. The molecule has 2 aromatic rings. The fraction of sp³-hybridized carbons (Fsp3) is 0.188. The quantitative estimate of drug-likeness (QED) is 0.816. The Kier molecular flexibility index (Phi) is 2.53. The summed E-state index contributed by atoms with van der Waals surface area (Å²) in [6.07, 6.45) is 0. The summed E-state index contributed by atoms with van der Waals surface area (Å²) in [6.45, 7) is 2.25. The summed E-state index contributed by atoms with van der Waals surface area (Å²) in [7, 11) is 0. The van der Waals surface area contributed by atoms with Crippen molar-refractivity contribution < 1.29 is 4.79 Å². The van der Waals surface area contributed by atoms with Gasteiger partial charge in [-0.05, 0) is 28.3 Å². The number of rotatable bonds is 2. The smallest absolute Gasteiger partial charge is 0.176 e. The van der Waals surface area contributed by atoms with Gasteiger partial charge < -0.3 is 5.73 Å². The molecule has 1 atom stereocenters. The van der Waals surface area contributed by atoms with Gasteiger partial charge in [-0.1, -0.05) is 43.3 Å². The number of ketones is 1. The van der Waals surface area contributed by atoms with Crippen molar-refractivity contribution in [3.8, 4) is 11.1 Å². The number of benzene rings is 2. The molecule has 2 heteroatoms. The Labute approximate surface area is 106 Å². The summed E-state index contributed by atoms with van der Waals surface area (Å²) < 4.78 is 0. The van der Waals surface area contributed by atoms with Crippen molar-refractivity contribution in [3.05, 3.63) is 59.2 Å². The van der Waals surface area contributed by atoms with Gasteiger partial charge in [0.25, 0.3) is 0 Å². The maximum atomic E-state index is 11.7. The van der Waals surface area contributed by atoms with Crippen molar-refractivity contribution in [2.45, 2.75) is 12.8 Å². The molecule has 1 aliphatic rings. The van der Waals surface area contributed by atoms with Crippen LogP contribution in [0.5, 0.6) is 0 Å². The molecule has 0 fully saturated rings. The molecular formula is C16H15NO. The van der Waals surface area contributed by atoms with E-state index in [0.29, 0.717) is 5.92 Å². The summed E-state index contributed by atoms with van der Waals surface area (Å²) in [5.74, 6) is 0.350. The van der Waals surface area contributed by atoms with E-state index >= 15 is 0 Å². The molecule has 1 unspecified atom stereocenters. The van der Waals surface area contributed by atoms with E-state index in [2.05, 4.69) is 31.2 Å². The maximum Gasteiger partial charge on any atom is 0.176 e. The molecule has 0 aliphatic heterocycles. The molecule has 0 heterocycles. The molecule has 1 aliphatic carbocycles. The molecule has 18 heavy (non-hydrogen) atoms. The van der Waals surface area contributed by atoms with Gasteiger partial charge in [0.15, 0.2) is 5.78 Å². The Morgan fingerprint density at radius 2 is 1.83 bits per heavy atom. The summed E-state index contributed by atoms with van der Waals surface area (Å²) in [6, 6.07) is 14.3. The first-order valence-electron chi connectivity index (χ1n) is 6.19. The van der Waals surface area contributed by atoms with Gasteiger partial charge in [0.2, 0.25) is 0 Å². The van der Waals surface area contributed by atoms with E-state index in [-0.39, 0.29) is 12.3 Å². The first-order chi connectivity index (χ1) is 8.72. The lowest BCUT2D eigenvalue weighted by Crippen LogP contribution is -2.13. The second-order valence-electron chi connectivity index (χ2n) is 4.74. The second-order valence-corrected chi connectivity index (χ2v) is 4.74. The third-order valence-corrected chi connectivity index (χ3v) is 3.74. The highest BCUT2D eigenvalue weighted by atomic mass is 16.1. The van der Waals surface area contributed by atoms with Gasteiger partial charge in [0.1, 0.15) is 0 Å². The molecule has 0 bridgehead atoms. The minimum absolute atomic E-state index is 0.000885. The molecule has 0 saturated heterocycles. The largest absolute Gasteiger partial charge is 0.324 e. The molecule has 2 nitrogen and oxygen atoms in total. The van der Waals surface area contributed by atoms with Crippen molar-refractivity contribution in [2.75, 3.05) is 6.54 Å². The second kappa shape index (κ2) is 4.07. The fourth-order valence-electron chi connectivity index (χ4n) is 2.74. The summed E-state index contributed by atoms with van der Waals surface area (Å²) in [5, 5.41) is 0. The molecule has 0 spiro atoms. The molecule has 3 rings (SSSR count). The number of carbonyl (C=O) groups is 1. The lowest BCUT2D eigenvalue weighted by atomic mass is 9.97. The Bertz CT molecular complexity index is 631. The van der Waals surface area contributed by atoms with Crippen LogP contribution in [0.15, 0.2) is 42.5 Å². The Morgan fingerprint density at radius 1 is 1.11 bits per heavy atom. The first-order valence-corrected chi connectivity index (χ1v) is 6.19. The average Bonchev–Trinajstić information content (AvgIpc) is 2.72. The predicted molar refractivity (Wildman–Crippen MR) is 72.8 cm³/mol. The summed E-state index contributed by atoms with van der Waals surface area (Å²) in [5.41, 5.74) is 11.2. The third kappa shape index (κ3) is 1.50. The number of hydrogen-bond donors (Lipinski definition) is 1. The molecule has 2 N–H and O–H groups in total. The predicted octanol–water partition coefficient (Wildman–Crippen LogP) is 2.96. The van der Waals surface area contributed by atoms with Crippen LogP contribution in [0.4, 0.5) is 0 Å². The zero-order chi connectivity index (χ0) is 12.7. The molecule has 90 valence electrons. The van der Waals surface area contributed by atoms with Crippen molar-refractivity contribution in [1.82, 2.24) is 0 Å². The Balaban J connectivity index is 2.16. The molecule has 0 saturated carbocycles. The van der Waals surface area contributed by atoms with E-state index < -0.39 is 0 Å². The van der Waals surface area contributed by atoms with Crippen LogP contribution in [0.1, 0.15) is 34.3 Å². The van der Waals surface area contributed by atoms with Crippen LogP contribution in [0, 0.1) is 0 Å². The van der Waals surface area contributed by atoms with E-state index in [1.54, 1.807) is 0 Å². The SMILES string of the molecule is CC1c2ccccc2-c2ccc(C(=O)CN)cc21. The molecule has 0 radical (unpaired) electrons. The van der Waals surface area contributed by atoms with Crippen LogP contribution < -0.4 is 5.73 Å². The van der Waals surface area contributed by atoms with E-state index in [1.807, 2.05) is 18.2 Å². The van der Waals surface area contributed by atoms with Crippen molar-refractivity contribution in [1.29, 1.82) is 0 Å². The monoisotopic (exact) mass is 237 g/mol. The highest BCUT2D eigenvalue weighted by Gasteiger charge is 2.25. The Morgan fingerprint density at radius 3 is 2.61 bits per heavy atom. The van der Waals surface area contributed by atoms with Gasteiger partial charge in [0.05, 0.1) is 6.54 Å². The average molecular weight is 237 g/mol. The van der Waals surface area contributed by atoms with Gasteiger partial charge in [0, 0.05) is 11.5 Å². The normalized spacial score (nSPS) is 16.2. The lowest BCUT2D eigenvalue weighted by molar-refractivity contribution is 0.100. The zero-order valence-electron chi connectivity index (χ0n) is 10.3. The molecule has 0 amide bonds. The maximum absolute atomic E-state index is 11.7. The highest BCUT2D eigenvalue weighted by Crippen LogP contribution is 2.44. The summed E-state index contributed by atoms with van der Waals surface area (Å²) >= 11 is 0. The number of carbonyl (C=O) groups excluding carboxylic acids is 1. The van der Waals surface area contributed by atoms with Gasteiger partial charge in [-0.3, -0.25) is 4.79 Å². The van der Waals surface area contributed by atoms with Crippen LogP contribution in [0.2, 0.25) is 0 Å². The van der Waals surface area contributed by atoms with Crippen molar-refractivity contribution >= 4 is 5.78 Å². The first kappa shape index (κ1) is 11.2. The van der Waals surface area contributed by atoms with Crippen LogP contribution >= 0.6 is 0 Å². The number of nitrogens with two attached hydrogens (primary N) is 1. The van der Waals surface area contributed by atoms with Gasteiger partial charge in [-0.15, -0.1) is 0 Å². The van der Waals surface area contributed by atoms with Gasteiger partial charge in [-0.25, -0.2) is 0 Å². The van der Waals surface area contributed by atoms with Crippen LogP contribution in [0.25, 0.3) is 11.1 Å². The van der Waals surface area contributed by atoms with E-state index in [9.17, 15) is 4.79 Å². The zero-order valence-corrected chi connectivity index (χ0v) is 10.3. The number of hydrogen-bond acceptors (Lipinski definition) is 2. The minimum Gasteiger partial charge on any atom is -0.324 e. The van der Waals surface area contributed by atoms with Gasteiger partial charge in [-0.2, -0.15) is 0 Å². The Hall–Kier alpha value is -1.93. The van der Waals surface area contributed by atoms with Gasteiger partial charge >= 0.3 is 0 Å². The van der Waals surface area contributed by atoms with Crippen LogP contribution in [-0.4, -0.2) is 12.3 Å². The highest BCUT2D eigenvalue weighted by molar-refractivity contribution is 5.98. The van der Waals surface area contributed by atoms with Crippen LogP contribution in [0.3, 0.4) is 0 Å². The fourth-order valence-corrected chi connectivity index (χ4v) is 2.74. The minimum atomic E-state index is 0.000885. The summed E-state index contributed by atoms with van der Waals surface area (Å²) in [4.78, 5) is 11.7. The standard InChI is InChI=1S/C16H15NO/c1-10-12-4-2-3-5-13(12)14-7-6-11(8-15(10)14)16(18)9-17/h2-8,10H,9,17H2,1H3. The lowest BCUT2D eigenvalue weighted by Gasteiger charge is -2.07. The molecule has 0 aromatic heterocycles. The molecule has 2 aromatic carbocycles. The van der Waals surface area contributed by atoms with E-state index in [0.717, 1.165) is 5.56 Å². The molecular weight excluding hydrogens is 222 g/mol. The van der Waals surface area contributed by atoms with Crippen molar-refractivity contribution in [3.63, 3.8) is 0 Å².